The molecule has 0 bridgehead atoms. The number of amidine groups is 1. The summed E-state index contributed by atoms with van der Waals surface area (Å²) in [6.45, 7) is 10.7. The summed E-state index contributed by atoms with van der Waals surface area (Å²) >= 11 is 5.82. The lowest BCUT2D eigenvalue weighted by Crippen LogP contribution is -2.56. The molecular formula is C27H33N3OS. The predicted molar refractivity (Wildman–Crippen MR) is 138 cm³/mol. The average Bonchev–Trinajstić information content (AvgIpc) is 3.00. The van der Waals surface area contributed by atoms with Crippen LogP contribution in [0, 0.1) is 18.3 Å². The lowest BCUT2D eigenvalue weighted by atomic mass is 9.66. The summed E-state index contributed by atoms with van der Waals surface area (Å²) in [6, 6.07) is 16.1. The number of hydrogen-bond donors (Lipinski definition) is 1. The van der Waals surface area contributed by atoms with E-state index in [2.05, 4.69) is 56.1 Å². The summed E-state index contributed by atoms with van der Waals surface area (Å²) in [4.78, 5) is 18.9. The predicted octanol–water partition coefficient (Wildman–Crippen LogP) is 6.79. The van der Waals surface area contributed by atoms with Crippen LogP contribution in [0.15, 0.2) is 53.5 Å². The molecule has 0 saturated heterocycles. The lowest BCUT2D eigenvalue weighted by Gasteiger charge is -2.47. The fraction of sp³-hybridized carbons (Fsp3) is 0.444. The zero-order valence-electron chi connectivity index (χ0n) is 19.7. The number of rotatable bonds is 3. The summed E-state index contributed by atoms with van der Waals surface area (Å²) in [5, 5.41) is 4.24. The second-order valence-electron chi connectivity index (χ2n) is 10.3. The number of aryl methyl sites for hydroxylation is 1. The van der Waals surface area contributed by atoms with Gasteiger partial charge in [0.15, 0.2) is 5.78 Å². The van der Waals surface area contributed by atoms with Crippen LogP contribution in [0.2, 0.25) is 0 Å². The number of para-hydroxylation sites is 1. The van der Waals surface area contributed by atoms with Crippen LogP contribution in [-0.2, 0) is 0 Å². The van der Waals surface area contributed by atoms with Crippen LogP contribution in [0.5, 0.6) is 0 Å². The largest absolute Gasteiger partial charge is 0.341 e. The molecule has 1 aliphatic carbocycles. The molecule has 1 heterocycles. The SMILES string of the molecule is CC(=O)c1ccc(N2C(=S)N=C(Nc3ccccc3C)C23CCC(C(C)(C)C)CC3)cc1. The highest BCUT2D eigenvalue weighted by atomic mass is 32.1. The number of ketones is 1. The Morgan fingerprint density at radius 1 is 1.09 bits per heavy atom. The molecule has 0 amide bonds. The molecule has 1 fully saturated rings. The van der Waals surface area contributed by atoms with E-state index in [4.69, 9.17) is 17.2 Å². The van der Waals surface area contributed by atoms with Crippen molar-refractivity contribution in [3.05, 3.63) is 59.7 Å². The Morgan fingerprint density at radius 3 is 2.28 bits per heavy atom. The third kappa shape index (κ3) is 4.11. The van der Waals surface area contributed by atoms with Crippen molar-refractivity contribution in [2.75, 3.05) is 10.2 Å². The number of anilines is 2. The van der Waals surface area contributed by atoms with E-state index in [0.29, 0.717) is 16.6 Å². The van der Waals surface area contributed by atoms with Gasteiger partial charge in [-0.05, 0) is 99.0 Å². The molecule has 0 aromatic heterocycles. The van der Waals surface area contributed by atoms with Crippen molar-refractivity contribution in [3.8, 4) is 0 Å². The van der Waals surface area contributed by atoms with Crippen molar-refractivity contribution in [2.45, 2.75) is 65.8 Å². The standard InChI is InChI=1S/C27H33N3OS/c1-18-8-6-7-9-23(18)28-24-27(16-14-21(15-17-27)26(3,4)5)30(25(32)29-24)22-12-10-20(11-13-22)19(2)31/h6-13,21H,14-17H2,1-5H3,(H,28,29,32). The van der Waals surface area contributed by atoms with Crippen LogP contribution in [0.1, 0.15) is 69.3 Å². The molecule has 1 saturated carbocycles. The number of thiocarbonyl (C=S) groups is 1. The van der Waals surface area contributed by atoms with Gasteiger partial charge in [-0.3, -0.25) is 4.79 Å². The highest BCUT2D eigenvalue weighted by Gasteiger charge is 2.51. The second-order valence-corrected chi connectivity index (χ2v) is 10.7. The lowest BCUT2D eigenvalue weighted by molar-refractivity contribution is 0.101. The van der Waals surface area contributed by atoms with Crippen LogP contribution in [0.3, 0.4) is 0 Å². The Hall–Kier alpha value is -2.53. The maximum absolute atomic E-state index is 11.8. The van der Waals surface area contributed by atoms with Crippen LogP contribution in [0.4, 0.5) is 11.4 Å². The number of Topliss-reactive ketones (excluding diaryl/α,β-unsaturated/α-hetero) is 1. The van der Waals surface area contributed by atoms with Gasteiger partial charge in [-0.2, -0.15) is 0 Å². The Morgan fingerprint density at radius 2 is 1.72 bits per heavy atom. The fourth-order valence-electron chi connectivity index (χ4n) is 5.15. The van der Waals surface area contributed by atoms with Gasteiger partial charge < -0.3 is 10.2 Å². The molecule has 0 radical (unpaired) electrons. The van der Waals surface area contributed by atoms with Crippen molar-refractivity contribution in [3.63, 3.8) is 0 Å². The topological polar surface area (TPSA) is 44.7 Å². The van der Waals surface area contributed by atoms with Crippen molar-refractivity contribution < 1.29 is 4.79 Å². The van der Waals surface area contributed by atoms with E-state index in [1.807, 2.05) is 30.3 Å². The van der Waals surface area contributed by atoms with E-state index in [9.17, 15) is 4.79 Å². The molecule has 2 aromatic carbocycles. The number of hydrogen-bond acceptors (Lipinski definition) is 3. The molecule has 2 aromatic rings. The molecule has 1 aliphatic heterocycles. The Balaban J connectivity index is 1.72. The van der Waals surface area contributed by atoms with E-state index in [1.165, 1.54) is 5.56 Å². The number of nitrogens with zero attached hydrogens (tertiary/aromatic N) is 2. The Bertz CT molecular complexity index is 1060. The molecule has 1 spiro atoms. The first-order valence-electron chi connectivity index (χ1n) is 11.5. The zero-order valence-corrected chi connectivity index (χ0v) is 20.6. The Labute approximate surface area is 197 Å². The molecule has 168 valence electrons. The van der Waals surface area contributed by atoms with Gasteiger partial charge in [0.1, 0.15) is 11.4 Å². The van der Waals surface area contributed by atoms with Crippen LogP contribution in [0.25, 0.3) is 0 Å². The van der Waals surface area contributed by atoms with E-state index >= 15 is 0 Å². The molecule has 5 heteroatoms. The maximum atomic E-state index is 11.8. The first-order chi connectivity index (χ1) is 15.1. The maximum Gasteiger partial charge on any atom is 0.202 e. The normalized spacial score (nSPS) is 23.4. The smallest absolute Gasteiger partial charge is 0.202 e. The van der Waals surface area contributed by atoms with E-state index in [-0.39, 0.29) is 16.7 Å². The third-order valence-electron chi connectivity index (χ3n) is 7.24. The average molecular weight is 448 g/mol. The Kier molecular flexibility index (Phi) is 5.97. The van der Waals surface area contributed by atoms with E-state index in [0.717, 1.165) is 42.9 Å². The molecule has 0 atom stereocenters. The fourth-order valence-corrected chi connectivity index (χ4v) is 5.52. The van der Waals surface area contributed by atoms with Gasteiger partial charge in [0.2, 0.25) is 5.11 Å². The molecule has 32 heavy (non-hydrogen) atoms. The van der Waals surface area contributed by atoms with Crippen LogP contribution in [-0.4, -0.2) is 22.3 Å². The van der Waals surface area contributed by atoms with Crippen molar-refractivity contribution in [2.24, 2.45) is 16.3 Å². The van der Waals surface area contributed by atoms with Crippen LogP contribution >= 0.6 is 12.2 Å². The number of carbonyl (C=O) groups excluding carboxylic acids is 1. The first-order valence-corrected chi connectivity index (χ1v) is 11.9. The molecule has 4 rings (SSSR count). The van der Waals surface area contributed by atoms with Gasteiger partial charge in [-0.1, -0.05) is 39.0 Å². The van der Waals surface area contributed by atoms with Gasteiger partial charge >= 0.3 is 0 Å². The van der Waals surface area contributed by atoms with E-state index in [1.54, 1.807) is 6.92 Å². The third-order valence-corrected chi connectivity index (χ3v) is 7.51. The molecule has 2 aliphatic rings. The van der Waals surface area contributed by atoms with E-state index < -0.39 is 0 Å². The zero-order chi connectivity index (χ0) is 23.1. The van der Waals surface area contributed by atoms with Gasteiger partial charge in [0.25, 0.3) is 0 Å². The number of nitrogens with one attached hydrogen (secondary N) is 1. The minimum Gasteiger partial charge on any atom is -0.341 e. The summed E-state index contributed by atoms with van der Waals surface area (Å²) < 4.78 is 0. The second kappa shape index (κ2) is 8.43. The monoisotopic (exact) mass is 447 g/mol. The van der Waals surface area contributed by atoms with Crippen LogP contribution < -0.4 is 10.2 Å². The molecule has 4 nitrogen and oxygen atoms in total. The van der Waals surface area contributed by atoms with Gasteiger partial charge in [-0.25, -0.2) is 4.99 Å². The number of carbonyl (C=O) groups is 1. The summed E-state index contributed by atoms with van der Waals surface area (Å²) in [5.41, 5.74) is 3.96. The molecule has 1 N–H and O–H groups in total. The molecular weight excluding hydrogens is 414 g/mol. The number of aliphatic imine (C=N–C) groups is 1. The summed E-state index contributed by atoms with van der Waals surface area (Å²) in [7, 11) is 0. The van der Waals surface area contributed by atoms with Gasteiger partial charge in [0, 0.05) is 16.9 Å². The minimum atomic E-state index is -0.293. The van der Waals surface area contributed by atoms with Crippen molar-refractivity contribution in [1.82, 2.24) is 0 Å². The quantitative estimate of drug-likeness (QED) is 0.416. The van der Waals surface area contributed by atoms with Crippen molar-refractivity contribution >= 4 is 40.3 Å². The summed E-state index contributed by atoms with van der Waals surface area (Å²) in [6.07, 6.45) is 4.23. The summed E-state index contributed by atoms with van der Waals surface area (Å²) in [5.74, 6) is 1.68. The highest BCUT2D eigenvalue weighted by Crippen LogP contribution is 2.48. The molecule has 0 unspecified atom stereocenters. The van der Waals surface area contributed by atoms with Gasteiger partial charge in [-0.15, -0.1) is 0 Å². The first kappa shape index (κ1) is 22.7. The highest BCUT2D eigenvalue weighted by molar-refractivity contribution is 7.80. The minimum absolute atomic E-state index is 0.0686. The number of benzene rings is 2. The van der Waals surface area contributed by atoms with Crippen molar-refractivity contribution in [1.29, 1.82) is 0 Å². The van der Waals surface area contributed by atoms with Gasteiger partial charge in [0.05, 0.1) is 0 Å².